The molecule has 2 heteroatoms. The topological polar surface area (TPSA) is 26.3 Å². The molecule has 1 unspecified atom stereocenters. The summed E-state index contributed by atoms with van der Waals surface area (Å²) in [4.78, 5) is 10.1. The fourth-order valence-electron chi connectivity index (χ4n) is 1.16. The van der Waals surface area contributed by atoms with Crippen LogP contribution in [0.3, 0.4) is 0 Å². The molecule has 0 saturated heterocycles. The van der Waals surface area contributed by atoms with Crippen LogP contribution in [0.15, 0.2) is 11.6 Å². The lowest BCUT2D eigenvalue weighted by Crippen LogP contribution is -2.11. The van der Waals surface area contributed by atoms with Gasteiger partial charge in [0.1, 0.15) is 6.29 Å². The van der Waals surface area contributed by atoms with E-state index in [0.29, 0.717) is 6.42 Å². The van der Waals surface area contributed by atoms with Crippen molar-refractivity contribution in [2.24, 2.45) is 0 Å². The third kappa shape index (κ3) is 4.29. The van der Waals surface area contributed by atoms with Gasteiger partial charge >= 0.3 is 0 Å². The van der Waals surface area contributed by atoms with Crippen LogP contribution in [0, 0.1) is 0 Å². The van der Waals surface area contributed by atoms with Crippen molar-refractivity contribution >= 4 is 6.29 Å². The van der Waals surface area contributed by atoms with Crippen LogP contribution in [-0.2, 0) is 9.53 Å². The first-order valence-corrected chi connectivity index (χ1v) is 4.39. The van der Waals surface area contributed by atoms with Crippen LogP contribution in [0.5, 0.6) is 0 Å². The van der Waals surface area contributed by atoms with Crippen LogP contribution < -0.4 is 0 Å². The highest BCUT2D eigenvalue weighted by Crippen LogP contribution is 2.11. The Morgan fingerprint density at radius 1 is 1.58 bits per heavy atom. The second-order valence-electron chi connectivity index (χ2n) is 2.86. The summed E-state index contributed by atoms with van der Waals surface area (Å²) in [6.45, 7) is 4.13. The average Bonchev–Trinajstić information content (AvgIpc) is 2.10. The first-order chi connectivity index (χ1) is 5.76. The third-order valence-corrected chi connectivity index (χ3v) is 1.88. The Balaban J connectivity index is 3.99. The van der Waals surface area contributed by atoms with Crippen molar-refractivity contribution in [3.05, 3.63) is 11.6 Å². The number of hydrogen-bond donors (Lipinski definition) is 0. The quantitative estimate of drug-likeness (QED) is 0.452. The summed E-state index contributed by atoms with van der Waals surface area (Å²) in [6, 6.07) is 0. The highest BCUT2D eigenvalue weighted by Gasteiger charge is 2.06. The van der Waals surface area contributed by atoms with E-state index < -0.39 is 0 Å². The zero-order valence-electron chi connectivity index (χ0n) is 8.17. The second-order valence-corrected chi connectivity index (χ2v) is 2.86. The van der Waals surface area contributed by atoms with Gasteiger partial charge in [0, 0.05) is 13.5 Å². The Labute approximate surface area is 74.6 Å². The molecule has 0 bridgehead atoms. The summed E-state index contributed by atoms with van der Waals surface area (Å²) in [6.07, 6.45) is 5.64. The van der Waals surface area contributed by atoms with Crippen molar-refractivity contribution < 1.29 is 9.53 Å². The molecule has 1 atom stereocenters. The van der Waals surface area contributed by atoms with Crippen molar-refractivity contribution in [3.8, 4) is 0 Å². The molecular formula is C10H18O2. The van der Waals surface area contributed by atoms with E-state index >= 15 is 0 Å². The van der Waals surface area contributed by atoms with E-state index in [1.165, 1.54) is 0 Å². The SMILES string of the molecule is CCCC(OC)/C(C)=C/CC=O. The molecule has 0 aromatic rings. The molecule has 12 heavy (non-hydrogen) atoms. The van der Waals surface area contributed by atoms with E-state index in [1.54, 1.807) is 7.11 Å². The Hall–Kier alpha value is -0.630. The van der Waals surface area contributed by atoms with Gasteiger partial charge in [-0.2, -0.15) is 0 Å². The Morgan fingerprint density at radius 3 is 2.67 bits per heavy atom. The van der Waals surface area contributed by atoms with Gasteiger partial charge < -0.3 is 9.53 Å². The minimum absolute atomic E-state index is 0.190. The molecule has 0 radical (unpaired) electrons. The molecule has 0 amide bonds. The van der Waals surface area contributed by atoms with Crippen LogP contribution in [-0.4, -0.2) is 19.5 Å². The monoisotopic (exact) mass is 170 g/mol. The molecule has 0 N–H and O–H groups in total. The van der Waals surface area contributed by atoms with Crippen molar-refractivity contribution in [2.75, 3.05) is 7.11 Å². The average molecular weight is 170 g/mol. The summed E-state index contributed by atoms with van der Waals surface area (Å²) in [5.41, 5.74) is 1.16. The summed E-state index contributed by atoms with van der Waals surface area (Å²) < 4.78 is 5.27. The Bertz CT molecular complexity index is 150. The summed E-state index contributed by atoms with van der Waals surface area (Å²) in [5, 5.41) is 0. The first kappa shape index (κ1) is 11.4. The highest BCUT2D eigenvalue weighted by molar-refractivity contribution is 5.52. The summed E-state index contributed by atoms with van der Waals surface area (Å²) >= 11 is 0. The van der Waals surface area contributed by atoms with Crippen LogP contribution in [0.1, 0.15) is 33.1 Å². The lowest BCUT2D eigenvalue weighted by Gasteiger charge is -2.14. The number of carbonyl (C=O) groups excluding carboxylic acids is 1. The molecule has 0 saturated carbocycles. The molecule has 0 heterocycles. The largest absolute Gasteiger partial charge is 0.377 e. The molecule has 70 valence electrons. The summed E-state index contributed by atoms with van der Waals surface area (Å²) in [5.74, 6) is 0. The fourth-order valence-corrected chi connectivity index (χ4v) is 1.16. The van der Waals surface area contributed by atoms with Gasteiger partial charge in [0.15, 0.2) is 0 Å². The number of allylic oxidation sites excluding steroid dienone is 1. The lowest BCUT2D eigenvalue weighted by atomic mass is 10.1. The van der Waals surface area contributed by atoms with Gasteiger partial charge in [-0.25, -0.2) is 0 Å². The number of methoxy groups -OCH3 is 1. The number of hydrogen-bond acceptors (Lipinski definition) is 2. The molecule has 0 aliphatic carbocycles. The van der Waals surface area contributed by atoms with Crippen molar-refractivity contribution in [3.63, 3.8) is 0 Å². The molecule has 0 aliphatic heterocycles. The van der Waals surface area contributed by atoms with Gasteiger partial charge in [-0.1, -0.05) is 19.4 Å². The number of rotatable bonds is 6. The number of aldehydes is 1. The summed E-state index contributed by atoms with van der Waals surface area (Å²) in [7, 11) is 1.71. The molecule has 0 spiro atoms. The molecular weight excluding hydrogens is 152 g/mol. The minimum atomic E-state index is 0.190. The molecule has 0 aromatic heterocycles. The maximum absolute atomic E-state index is 10.1. The molecule has 0 fully saturated rings. The van der Waals surface area contributed by atoms with Gasteiger partial charge in [-0.15, -0.1) is 0 Å². The van der Waals surface area contributed by atoms with Gasteiger partial charge in [0.25, 0.3) is 0 Å². The molecule has 0 rings (SSSR count). The van der Waals surface area contributed by atoms with Crippen molar-refractivity contribution in [1.82, 2.24) is 0 Å². The van der Waals surface area contributed by atoms with Crippen molar-refractivity contribution in [1.29, 1.82) is 0 Å². The van der Waals surface area contributed by atoms with Crippen LogP contribution in [0.4, 0.5) is 0 Å². The third-order valence-electron chi connectivity index (χ3n) is 1.88. The van der Waals surface area contributed by atoms with Crippen LogP contribution in [0.25, 0.3) is 0 Å². The molecule has 0 aliphatic rings. The first-order valence-electron chi connectivity index (χ1n) is 4.39. The van der Waals surface area contributed by atoms with E-state index in [2.05, 4.69) is 6.92 Å². The standard InChI is InChI=1S/C10H18O2/c1-4-6-10(12-3)9(2)7-5-8-11/h7-8,10H,4-6H2,1-3H3/b9-7+. The zero-order valence-corrected chi connectivity index (χ0v) is 8.17. The fraction of sp³-hybridized carbons (Fsp3) is 0.700. The Morgan fingerprint density at radius 2 is 2.25 bits per heavy atom. The molecule has 0 aromatic carbocycles. The van der Waals surface area contributed by atoms with Crippen LogP contribution in [0.2, 0.25) is 0 Å². The van der Waals surface area contributed by atoms with Gasteiger partial charge in [0.05, 0.1) is 6.10 Å². The second kappa shape index (κ2) is 7.04. The van der Waals surface area contributed by atoms with Crippen LogP contribution >= 0.6 is 0 Å². The zero-order chi connectivity index (χ0) is 9.40. The smallest absolute Gasteiger partial charge is 0.123 e. The predicted molar refractivity (Wildman–Crippen MR) is 50.1 cm³/mol. The van der Waals surface area contributed by atoms with E-state index in [9.17, 15) is 4.79 Å². The Kier molecular flexibility index (Phi) is 6.67. The number of ether oxygens (including phenoxy) is 1. The van der Waals surface area contributed by atoms with E-state index in [0.717, 1.165) is 24.7 Å². The van der Waals surface area contributed by atoms with E-state index in [4.69, 9.17) is 4.74 Å². The minimum Gasteiger partial charge on any atom is -0.377 e. The molecule has 2 nitrogen and oxygen atoms in total. The number of carbonyl (C=O) groups is 1. The van der Waals surface area contributed by atoms with Gasteiger partial charge in [-0.3, -0.25) is 0 Å². The normalized spacial score (nSPS) is 14.4. The highest BCUT2D eigenvalue weighted by atomic mass is 16.5. The maximum Gasteiger partial charge on any atom is 0.123 e. The van der Waals surface area contributed by atoms with Gasteiger partial charge in [0.2, 0.25) is 0 Å². The van der Waals surface area contributed by atoms with Crippen molar-refractivity contribution in [2.45, 2.75) is 39.2 Å². The van der Waals surface area contributed by atoms with E-state index in [-0.39, 0.29) is 6.10 Å². The van der Waals surface area contributed by atoms with E-state index in [1.807, 2.05) is 13.0 Å². The predicted octanol–water partition coefficient (Wildman–Crippen LogP) is 2.34. The lowest BCUT2D eigenvalue weighted by molar-refractivity contribution is -0.107. The maximum atomic E-state index is 10.1. The van der Waals surface area contributed by atoms with Gasteiger partial charge in [-0.05, 0) is 18.9 Å².